The summed E-state index contributed by atoms with van der Waals surface area (Å²) in [4.78, 5) is 19.9. The Labute approximate surface area is 134 Å². The molecule has 2 aromatic rings. The van der Waals surface area contributed by atoms with E-state index in [-0.39, 0.29) is 11.8 Å². The number of fused-ring (bicyclic) bond motifs is 1. The molecule has 3 unspecified atom stereocenters. The molecule has 1 fully saturated rings. The normalized spacial score (nSPS) is 20.0. The Morgan fingerprint density at radius 2 is 2.18 bits per heavy atom. The van der Waals surface area contributed by atoms with Crippen LogP contribution in [0.2, 0.25) is 0 Å². The largest absolute Gasteiger partial charge is 0.350 e. The number of aliphatic imine (C=N–C) groups is 1. The molecule has 0 bridgehead atoms. The van der Waals surface area contributed by atoms with E-state index >= 15 is 0 Å². The van der Waals surface area contributed by atoms with E-state index < -0.39 is 0 Å². The molecule has 0 radical (unpaired) electrons. The molecule has 1 amide bonds. The van der Waals surface area contributed by atoms with Crippen molar-refractivity contribution in [1.82, 2.24) is 10.3 Å². The van der Waals surface area contributed by atoms with Crippen LogP contribution in [0.3, 0.4) is 0 Å². The van der Waals surface area contributed by atoms with Crippen molar-refractivity contribution in [2.24, 2.45) is 10.9 Å². The molecule has 2 N–H and O–H groups in total. The van der Waals surface area contributed by atoms with E-state index in [1.165, 1.54) is 5.56 Å². The third-order valence-corrected chi connectivity index (χ3v) is 5.76. The van der Waals surface area contributed by atoms with Crippen LogP contribution >= 0.6 is 18.5 Å². The number of amides is 1. The molecule has 1 aromatic heterocycles. The number of hydrogen-bond donors (Lipinski definition) is 2. The zero-order chi connectivity index (χ0) is 15.9. The molecule has 0 spiro atoms. The molecule has 3 rings (SSSR count). The van der Waals surface area contributed by atoms with Gasteiger partial charge in [0, 0.05) is 35.4 Å². The number of rotatable bonds is 2. The lowest BCUT2D eigenvalue weighted by Crippen LogP contribution is -2.15. The fourth-order valence-electron chi connectivity index (χ4n) is 2.72. The van der Waals surface area contributed by atoms with Crippen molar-refractivity contribution in [2.45, 2.75) is 6.92 Å². The van der Waals surface area contributed by atoms with Crippen molar-refractivity contribution in [3.05, 3.63) is 36.0 Å². The summed E-state index contributed by atoms with van der Waals surface area (Å²) in [5, 5.41) is 6.44. The molecule has 4 nitrogen and oxygen atoms in total. The van der Waals surface area contributed by atoms with E-state index in [4.69, 9.17) is 0 Å². The fourth-order valence-corrected chi connectivity index (χ4v) is 3.41. The molecule has 3 atom stereocenters. The SMILES string of the molecule is C=CC1CNC/C1=N\C(=O)c1cc2cc(C)c(P)c(P)c2[nH]1. The van der Waals surface area contributed by atoms with E-state index in [2.05, 4.69) is 53.3 Å². The van der Waals surface area contributed by atoms with E-state index in [0.29, 0.717) is 12.2 Å². The first-order chi connectivity index (χ1) is 10.5. The van der Waals surface area contributed by atoms with Crippen molar-refractivity contribution in [1.29, 1.82) is 0 Å². The van der Waals surface area contributed by atoms with Gasteiger partial charge in [0.2, 0.25) is 0 Å². The van der Waals surface area contributed by atoms with Gasteiger partial charge in [-0.3, -0.25) is 4.79 Å². The summed E-state index contributed by atoms with van der Waals surface area (Å²) in [6.45, 7) is 7.30. The Morgan fingerprint density at radius 3 is 2.91 bits per heavy atom. The number of carbonyl (C=O) groups is 1. The highest BCUT2D eigenvalue weighted by Crippen LogP contribution is 2.19. The van der Waals surface area contributed by atoms with Crippen LogP contribution in [0, 0.1) is 12.8 Å². The third-order valence-electron chi connectivity index (χ3n) is 4.06. The number of carbonyl (C=O) groups excluding carboxylic acids is 1. The van der Waals surface area contributed by atoms with Crippen LogP contribution in [-0.2, 0) is 0 Å². The molecule has 2 heterocycles. The molecule has 114 valence electrons. The zero-order valence-electron chi connectivity index (χ0n) is 12.4. The predicted molar refractivity (Wildman–Crippen MR) is 100 cm³/mol. The number of H-pyrrole nitrogens is 1. The second-order valence-electron chi connectivity index (χ2n) is 5.55. The van der Waals surface area contributed by atoms with Gasteiger partial charge in [0.25, 0.3) is 5.91 Å². The van der Waals surface area contributed by atoms with Crippen molar-refractivity contribution in [3.8, 4) is 0 Å². The highest BCUT2D eigenvalue weighted by Gasteiger charge is 2.21. The lowest BCUT2D eigenvalue weighted by molar-refractivity contribution is 0.0998. The first kappa shape index (κ1) is 15.6. The topological polar surface area (TPSA) is 57.2 Å². The van der Waals surface area contributed by atoms with Gasteiger partial charge in [0.05, 0.1) is 5.52 Å². The standard InChI is InChI=1S/C16H19N3OP2/c1-3-9-6-17-7-12(9)19-16(20)11-5-10-4-8(2)14(21)15(22)13(10)18-11/h3-5,9,17-18H,1,6-7,21-22H2,2H3/b19-12+. The summed E-state index contributed by atoms with van der Waals surface area (Å²) in [6.07, 6.45) is 1.84. The van der Waals surface area contributed by atoms with Crippen molar-refractivity contribution in [2.75, 3.05) is 13.1 Å². The summed E-state index contributed by atoms with van der Waals surface area (Å²) in [5.41, 5.74) is 3.52. The van der Waals surface area contributed by atoms with Gasteiger partial charge in [-0.05, 0) is 29.9 Å². The minimum atomic E-state index is -0.228. The van der Waals surface area contributed by atoms with Crippen LogP contribution in [0.15, 0.2) is 29.8 Å². The average molecular weight is 331 g/mol. The molecule has 0 aliphatic carbocycles. The number of hydrogen-bond acceptors (Lipinski definition) is 2. The maximum Gasteiger partial charge on any atom is 0.293 e. The third kappa shape index (κ3) is 2.67. The van der Waals surface area contributed by atoms with Crippen LogP contribution in [-0.4, -0.2) is 29.7 Å². The summed E-state index contributed by atoms with van der Waals surface area (Å²) in [6, 6.07) is 3.95. The number of benzene rings is 1. The van der Waals surface area contributed by atoms with Gasteiger partial charge in [0.15, 0.2) is 0 Å². The average Bonchev–Trinajstić information content (AvgIpc) is 3.11. The van der Waals surface area contributed by atoms with Gasteiger partial charge in [-0.15, -0.1) is 25.1 Å². The van der Waals surface area contributed by atoms with E-state index in [1.807, 2.05) is 12.1 Å². The van der Waals surface area contributed by atoms with Crippen LogP contribution in [0.1, 0.15) is 16.1 Å². The van der Waals surface area contributed by atoms with Crippen molar-refractivity contribution >= 4 is 51.6 Å². The Hall–Kier alpha value is -1.34. The molecule has 1 aromatic carbocycles. The monoisotopic (exact) mass is 331 g/mol. The Kier molecular flexibility index (Phi) is 4.27. The molecule has 0 saturated carbocycles. The molecule has 22 heavy (non-hydrogen) atoms. The second-order valence-corrected chi connectivity index (χ2v) is 6.70. The van der Waals surface area contributed by atoms with Gasteiger partial charge in [-0.2, -0.15) is 0 Å². The number of nitrogens with one attached hydrogen (secondary N) is 2. The molecular weight excluding hydrogens is 312 g/mol. The summed E-state index contributed by atoms with van der Waals surface area (Å²) in [5.74, 6) is -0.0828. The number of nitrogens with zero attached hydrogens (tertiary/aromatic N) is 1. The first-order valence-corrected chi connectivity index (χ1v) is 8.29. The van der Waals surface area contributed by atoms with Gasteiger partial charge < -0.3 is 10.3 Å². The Balaban J connectivity index is 2.00. The Bertz CT molecular complexity index is 807. The maximum absolute atomic E-state index is 12.4. The van der Waals surface area contributed by atoms with Crippen molar-refractivity contribution in [3.63, 3.8) is 0 Å². The first-order valence-electron chi connectivity index (χ1n) is 7.13. The second kappa shape index (κ2) is 6.04. The quantitative estimate of drug-likeness (QED) is 0.647. The summed E-state index contributed by atoms with van der Waals surface area (Å²) < 4.78 is 0. The minimum absolute atomic E-state index is 0.145. The van der Waals surface area contributed by atoms with Gasteiger partial charge in [-0.25, -0.2) is 4.99 Å². The predicted octanol–water partition coefficient (Wildman–Crippen LogP) is 1.46. The van der Waals surface area contributed by atoms with Crippen molar-refractivity contribution < 1.29 is 4.79 Å². The number of aromatic nitrogens is 1. The summed E-state index contributed by atoms with van der Waals surface area (Å²) >= 11 is 0. The number of aryl methyl sites for hydroxylation is 1. The highest BCUT2D eigenvalue weighted by molar-refractivity contribution is 7.36. The minimum Gasteiger partial charge on any atom is -0.350 e. The highest BCUT2D eigenvalue weighted by atomic mass is 31.0. The smallest absolute Gasteiger partial charge is 0.293 e. The van der Waals surface area contributed by atoms with Crippen LogP contribution in [0.25, 0.3) is 10.9 Å². The van der Waals surface area contributed by atoms with Crippen LogP contribution in [0.5, 0.6) is 0 Å². The van der Waals surface area contributed by atoms with Gasteiger partial charge in [0.1, 0.15) is 5.69 Å². The van der Waals surface area contributed by atoms with E-state index in [1.54, 1.807) is 0 Å². The zero-order valence-corrected chi connectivity index (χ0v) is 14.8. The van der Waals surface area contributed by atoms with Gasteiger partial charge in [-0.1, -0.05) is 6.08 Å². The molecule has 1 aliphatic heterocycles. The maximum atomic E-state index is 12.4. The molecule has 1 aliphatic rings. The van der Waals surface area contributed by atoms with E-state index in [9.17, 15) is 4.79 Å². The molecule has 1 saturated heterocycles. The fraction of sp³-hybridized carbons (Fsp3) is 0.250. The molecule has 6 heteroatoms. The Morgan fingerprint density at radius 1 is 1.41 bits per heavy atom. The van der Waals surface area contributed by atoms with Crippen LogP contribution < -0.4 is 15.9 Å². The number of aromatic amines is 1. The van der Waals surface area contributed by atoms with Gasteiger partial charge >= 0.3 is 0 Å². The summed E-state index contributed by atoms with van der Waals surface area (Å²) in [7, 11) is 5.47. The lowest BCUT2D eigenvalue weighted by atomic mass is 10.1. The molecular formula is C16H19N3OP2. The van der Waals surface area contributed by atoms with E-state index in [0.717, 1.165) is 33.8 Å². The van der Waals surface area contributed by atoms with Crippen LogP contribution in [0.4, 0.5) is 0 Å². The lowest BCUT2D eigenvalue weighted by Gasteiger charge is -2.04.